The monoisotopic (exact) mass is 1320 g/mol. The fraction of sp³-hybridized carbons (Fsp3) is 0.349. The Bertz CT molecular complexity index is 4000. The van der Waals surface area contributed by atoms with Crippen molar-refractivity contribution in [3.63, 3.8) is 0 Å². The lowest BCUT2D eigenvalue weighted by atomic mass is 10.0. The first-order valence-electron chi connectivity index (χ1n) is 28.4. The van der Waals surface area contributed by atoms with Crippen molar-refractivity contribution in [2.75, 3.05) is 63.5 Å². The fourth-order valence-electron chi connectivity index (χ4n) is 11.2. The van der Waals surface area contributed by atoms with Crippen LogP contribution in [0.2, 0.25) is 10.0 Å². The summed E-state index contributed by atoms with van der Waals surface area (Å²) in [4.78, 5) is 76.7. The van der Waals surface area contributed by atoms with Gasteiger partial charge in [-0.3, -0.25) is 19.2 Å². The molecule has 92 heavy (non-hydrogen) atoms. The van der Waals surface area contributed by atoms with Gasteiger partial charge in [0.05, 0.1) is 79.0 Å². The Balaban J connectivity index is 0.000000217. The van der Waals surface area contributed by atoms with Crippen LogP contribution in [0.25, 0.3) is 33.5 Å². The number of fused-ring (bicyclic) bond motifs is 2. The zero-order chi connectivity index (χ0) is 67.0. The van der Waals surface area contributed by atoms with E-state index >= 15 is 8.78 Å². The number of aryl methyl sites for hydroxylation is 2. The predicted molar refractivity (Wildman–Crippen MR) is 328 cm³/mol. The molecule has 6 aromatic heterocycles. The number of alkyl halides is 6. The number of nitrogens with one attached hydrogen (secondary N) is 2. The molecule has 2 amide bonds. The summed E-state index contributed by atoms with van der Waals surface area (Å²) in [6.45, 7) is 8.91. The topological polar surface area (TPSA) is 197 Å². The Hall–Kier alpha value is -8.79. The Morgan fingerprint density at radius 2 is 1.03 bits per heavy atom. The van der Waals surface area contributed by atoms with Crippen LogP contribution >= 0.6 is 23.2 Å². The summed E-state index contributed by atoms with van der Waals surface area (Å²) < 4.78 is 139. The smallest absolute Gasteiger partial charge is 0.411 e. The summed E-state index contributed by atoms with van der Waals surface area (Å²) in [5.74, 6) is -4.41. The second-order valence-corrected chi connectivity index (χ2v) is 22.8. The van der Waals surface area contributed by atoms with Gasteiger partial charge in [-0.1, -0.05) is 29.8 Å². The van der Waals surface area contributed by atoms with Crippen LogP contribution in [0.5, 0.6) is 0 Å². The van der Waals surface area contributed by atoms with Gasteiger partial charge in [-0.05, 0) is 99.5 Å². The van der Waals surface area contributed by atoms with Crippen molar-refractivity contribution in [2.24, 2.45) is 14.1 Å². The number of pyridine rings is 4. The molecule has 19 nitrogen and oxygen atoms in total. The van der Waals surface area contributed by atoms with Crippen LogP contribution in [-0.4, -0.2) is 136 Å². The quantitative estimate of drug-likeness (QED) is 0.0560. The third kappa shape index (κ3) is 13.7. The van der Waals surface area contributed by atoms with Crippen molar-refractivity contribution in [3.8, 4) is 22.3 Å². The van der Waals surface area contributed by atoms with Crippen LogP contribution in [0, 0.1) is 39.3 Å². The molecule has 29 heteroatoms. The summed E-state index contributed by atoms with van der Waals surface area (Å²) in [7, 11) is 5.75. The van der Waals surface area contributed by atoms with Crippen LogP contribution in [0.4, 0.5) is 46.5 Å². The molecule has 0 unspecified atom stereocenters. The zero-order valence-electron chi connectivity index (χ0n) is 50.8. The molecule has 8 aromatic rings. The number of hydrogen-bond donors (Lipinski definition) is 2. The minimum atomic E-state index is -4.62. The van der Waals surface area contributed by atoms with E-state index in [2.05, 4.69) is 27.2 Å². The van der Waals surface area contributed by atoms with Crippen molar-refractivity contribution in [1.82, 2.24) is 38.5 Å². The minimum absolute atomic E-state index is 0.00214. The number of morpholine rings is 2. The predicted octanol–water partition coefficient (Wildman–Crippen LogP) is 9.77. The molecule has 0 spiro atoms. The lowest BCUT2D eigenvalue weighted by molar-refractivity contribution is -0.167. The third-order valence-corrected chi connectivity index (χ3v) is 17.2. The molecular weight excluding hydrogens is 1260 g/mol. The number of ether oxygens (including phenoxy) is 4. The van der Waals surface area contributed by atoms with Crippen LogP contribution in [0.3, 0.4) is 0 Å². The number of halogens is 10. The first-order chi connectivity index (χ1) is 43.4. The Morgan fingerprint density at radius 1 is 0.630 bits per heavy atom. The molecule has 2 aliphatic heterocycles. The average Bonchev–Trinajstić information content (AvgIpc) is 1.38. The molecule has 2 N–H and O–H groups in total. The molecule has 2 aromatic carbocycles. The van der Waals surface area contributed by atoms with Crippen molar-refractivity contribution in [2.45, 2.75) is 77.1 Å². The third-order valence-electron chi connectivity index (χ3n) is 16.4. The maximum absolute atomic E-state index is 15.5. The number of rotatable bonds is 15. The number of benzene rings is 2. The highest BCUT2D eigenvalue weighted by atomic mass is 35.5. The number of amides is 2. The molecule has 0 saturated carbocycles. The largest absolute Gasteiger partial charge is 0.500 e. The summed E-state index contributed by atoms with van der Waals surface area (Å²) >= 11 is 12.7. The summed E-state index contributed by atoms with van der Waals surface area (Å²) in [5.41, 5.74) is 3.85. The average molecular weight is 1330 g/mol. The zero-order valence-corrected chi connectivity index (χ0v) is 52.3. The van der Waals surface area contributed by atoms with Gasteiger partial charge in [0, 0.05) is 110 Å². The SMILES string of the molecule is C=C(OC)[C@H](Cc1ccc(-c2cc(Cl)c(C)n(C)c2=O)c2nccn12)NC(=O)c1c(C)cc(N2CCOC[C@@H]2C(F)(F)F)cc1F.COC(=O)[C@H](Cc1ccc(-c2cc(Cl)c(C)n(C)c2=O)c2nccn12)NC(=O)c1c(C)cc(N2CCOC[C@@H]2C(F)(F)F)cc1F. The van der Waals surface area contributed by atoms with Crippen LogP contribution < -0.4 is 31.6 Å². The minimum Gasteiger partial charge on any atom is -0.500 e. The molecule has 2 fully saturated rings. The molecular formula is C63H62Cl2F8N10O9. The summed E-state index contributed by atoms with van der Waals surface area (Å²) in [6, 6.07) is 8.37. The van der Waals surface area contributed by atoms with Gasteiger partial charge >= 0.3 is 18.3 Å². The number of hydrogen-bond acceptors (Lipinski definition) is 13. The fourth-order valence-corrected chi connectivity index (χ4v) is 11.6. The van der Waals surface area contributed by atoms with Gasteiger partial charge in [0.15, 0.2) is 0 Å². The molecule has 488 valence electrons. The maximum Gasteiger partial charge on any atom is 0.411 e. The molecule has 8 heterocycles. The van der Waals surface area contributed by atoms with E-state index in [1.165, 1.54) is 48.4 Å². The molecule has 2 aliphatic rings. The van der Waals surface area contributed by atoms with Crippen molar-refractivity contribution < 1.29 is 68.5 Å². The normalized spacial score (nSPS) is 16.0. The van der Waals surface area contributed by atoms with Gasteiger partial charge in [-0.2, -0.15) is 26.3 Å². The van der Waals surface area contributed by atoms with Crippen LogP contribution in [0.1, 0.15) is 54.6 Å². The van der Waals surface area contributed by atoms with Gasteiger partial charge in [-0.25, -0.2) is 23.5 Å². The molecule has 0 bridgehead atoms. The van der Waals surface area contributed by atoms with Crippen LogP contribution in [-0.2, 0) is 50.7 Å². The highest BCUT2D eigenvalue weighted by molar-refractivity contribution is 6.31. The van der Waals surface area contributed by atoms with Gasteiger partial charge < -0.3 is 57.3 Å². The van der Waals surface area contributed by atoms with E-state index in [1.54, 1.807) is 91.7 Å². The Labute approximate surface area is 530 Å². The summed E-state index contributed by atoms with van der Waals surface area (Å²) in [5, 5.41) is 6.08. The Morgan fingerprint density at radius 3 is 1.41 bits per heavy atom. The second kappa shape index (κ2) is 27.2. The number of esters is 1. The van der Waals surface area contributed by atoms with E-state index in [9.17, 15) is 50.3 Å². The number of aromatic nitrogens is 6. The number of carbonyl (C=O) groups is 3. The molecule has 4 atom stereocenters. The van der Waals surface area contributed by atoms with E-state index in [4.69, 9.17) is 42.1 Å². The van der Waals surface area contributed by atoms with Crippen LogP contribution in [0.15, 0.2) is 107 Å². The number of methoxy groups -OCH3 is 2. The van der Waals surface area contributed by atoms with E-state index < -0.39 is 84.7 Å². The highest BCUT2D eigenvalue weighted by Gasteiger charge is 2.47. The maximum atomic E-state index is 15.5. The van der Waals surface area contributed by atoms with E-state index in [-0.39, 0.29) is 84.1 Å². The van der Waals surface area contributed by atoms with E-state index in [1.807, 2.05) is 0 Å². The van der Waals surface area contributed by atoms with Crippen molar-refractivity contribution in [1.29, 1.82) is 0 Å². The van der Waals surface area contributed by atoms with E-state index in [0.29, 0.717) is 66.4 Å². The number of anilines is 2. The van der Waals surface area contributed by atoms with E-state index in [0.717, 1.165) is 29.0 Å². The lowest BCUT2D eigenvalue weighted by Gasteiger charge is -2.38. The van der Waals surface area contributed by atoms with Gasteiger partial charge in [-0.15, -0.1) is 0 Å². The first kappa shape index (κ1) is 67.6. The van der Waals surface area contributed by atoms with Gasteiger partial charge in [0.25, 0.3) is 22.9 Å². The van der Waals surface area contributed by atoms with Crippen molar-refractivity contribution >= 4 is 63.7 Å². The number of nitrogens with zero attached hydrogens (tertiary/aromatic N) is 8. The lowest BCUT2D eigenvalue weighted by Crippen LogP contribution is -2.53. The van der Waals surface area contributed by atoms with Gasteiger partial charge in [0.1, 0.15) is 46.8 Å². The molecule has 0 aliphatic carbocycles. The Kier molecular flexibility index (Phi) is 20.0. The van der Waals surface area contributed by atoms with Gasteiger partial charge in [0.2, 0.25) is 0 Å². The van der Waals surface area contributed by atoms with Crippen molar-refractivity contribution in [3.05, 3.63) is 185 Å². The number of carbonyl (C=O) groups excluding carboxylic acids is 3. The first-order valence-corrected chi connectivity index (χ1v) is 29.2. The number of imidazole rings is 2. The standard InChI is InChI=1S/C32H32ClF4N5O4.C31H30ClF4N5O5/c1-17-12-21(41-10-11-46-16-27(41)32(35,36)37)13-25(34)28(17)30(43)39-26(19(3)45-5)14-20-6-7-22(29-38-8-9-42(20)29)23-15-24(33)18(2)40(4)31(23)44;1-16-11-19(40-9-10-46-15-25(40)31(34,35)36)12-23(33)26(16)28(42)38-24(30(44)45-4)13-18-5-6-20(27-37-7-8-41(18)27)21-14-22(32)17(2)39(3)29(21)43/h6-9,12-13,15,26-27H,3,10-11,14,16H2,1-2,4-5H3,(H,39,43);5-8,11-12,14,24-25H,9-10,13,15H2,1-4H3,(H,38,42)/t26-,27+;24-,25+/m00/s1. The molecule has 0 radical (unpaired) electrons. The summed E-state index contributed by atoms with van der Waals surface area (Å²) in [6.07, 6.45) is -2.79. The molecule has 10 rings (SSSR count). The highest BCUT2D eigenvalue weighted by Crippen LogP contribution is 2.36. The second-order valence-electron chi connectivity index (χ2n) is 22.0. The molecule has 2 saturated heterocycles.